The molecule has 118 valence electrons. The average Bonchev–Trinajstić information content (AvgIpc) is 3.23. The zero-order chi connectivity index (χ0) is 16.2. The Morgan fingerprint density at radius 2 is 2.13 bits per heavy atom. The van der Waals surface area contributed by atoms with Crippen molar-refractivity contribution in [2.45, 2.75) is 12.6 Å². The molecule has 0 radical (unpaired) electrons. The highest BCUT2D eigenvalue weighted by Crippen LogP contribution is 2.29. The number of carbonyl (C=O) groups is 1. The number of thiophene rings is 2. The first kappa shape index (κ1) is 16.2. The van der Waals surface area contributed by atoms with Gasteiger partial charge in [-0.25, -0.2) is 0 Å². The molecule has 0 aliphatic rings. The van der Waals surface area contributed by atoms with E-state index in [-0.39, 0.29) is 5.91 Å². The molecule has 2 heterocycles. The van der Waals surface area contributed by atoms with Gasteiger partial charge in [-0.2, -0.15) is 11.3 Å². The third-order valence-electron chi connectivity index (χ3n) is 3.32. The van der Waals surface area contributed by atoms with Gasteiger partial charge in [0.25, 0.3) is 5.91 Å². The van der Waals surface area contributed by atoms with Crippen molar-refractivity contribution in [2.24, 2.45) is 0 Å². The second-order valence-electron chi connectivity index (χ2n) is 4.96. The number of hydrogen-bond donors (Lipinski definition) is 2. The molecule has 1 amide bonds. The number of halogens is 1. The highest BCUT2D eigenvalue weighted by Gasteiger charge is 2.14. The predicted molar refractivity (Wildman–Crippen MR) is 95.3 cm³/mol. The van der Waals surface area contributed by atoms with Crippen LogP contribution in [0, 0.1) is 0 Å². The average molecular weight is 364 g/mol. The van der Waals surface area contributed by atoms with E-state index in [0.717, 1.165) is 15.3 Å². The molecule has 3 aromatic rings. The molecule has 0 fully saturated rings. The van der Waals surface area contributed by atoms with E-state index in [1.165, 1.54) is 11.3 Å². The Balaban J connectivity index is 1.62. The summed E-state index contributed by atoms with van der Waals surface area (Å²) >= 11 is 8.94. The minimum absolute atomic E-state index is 0.166. The zero-order valence-electron chi connectivity index (χ0n) is 12.0. The molecule has 0 saturated heterocycles. The smallest absolute Gasteiger partial charge is 0.251 e. The normalized spacial score (nSPS) is 12.1. The number of amides is 1. The Kier molecular flexibility index (Phi) is 5.13. The standard InChI is InChI=1S/C17H14ClNO2S2/c18-13-3-1-2-11(8-13)17(21)19-9-14-4-5-15(23-14)16(20)12-6-7-22-10-12/h1-8,10,16,20H,9H2,(H,19,21)/t16-/m0/s1. The van der Waals surface area contributed by atoms with Crippen LogP contribution in [-0.2, 0) is 6.54 Å². The fourth-order valence-corrected chi connectivity index (χ4v) is 3.97. The topological polar surface area (TPSA) is 49.3 Å². The van der Waals surface area contributed by atoms with Gasteiger partial charge in [0.1, 0.15) is 6.10 Å². The summed E-state index contributed by atoms with van der Waals surface area (Å²) in [5, 5.41) is 17.6. The summed E-state index contributed by atoms with van der Waals surface area (Å²) in [6.45, 7) is 0.423. The Labute approximate surface area is 147 Å². The molecule has 0 spiro atoms. The monoisotopic (exact) mass is 363 g/mol. The van der Waals surface area contributed by atoms with Crippen molar-refractivity contribution in [1.82, 2.24) is 5.32 Å². The number of aliphatic hydroxyl groups excluding tert-OH is 1. The lowest BCUT2D eigenvalue weighted by Gasteiger charge is -2.06. The van der Waals surface area contributed by atoms with Gasteiger partial charge in [-0.3, -0.25) is 4.79 Å². The number of carbonyl (C=O) groups excluding carboxylic acids is 1. The van der Waals surface area contributed by atoms with Crippen molar-refractivity contribution in [1.29, 1.82) is 0 Å². The maximum Gasteiger partial charge on any atom is 0.251 e. The first-order valence-electron chi connectivity index (χ1n) is 6.96. The SMILES string of the molecule is O=C(NCc1ccc([C@@H](O)c2ccsc2)s1)c1cccc(Cl)c1. The molecule has 3 rings (SSSR count). The minimum Gasteiger partial charge on any atom is -0.383 e. The van der Waals surface area contributed by atoms with Crippen molar-refractivity contribution in [3.63, 3.8) is 0 Å². The van der Waals surface area contributed by atoms with Crippen molar-refractivity contribution in [3.8, 4) is 0 Å². The molecule has 3 nitrogen and oxygen atoms in total. The highest BCUT2D eigenvalue weighted by atomic mass is 35.5. The Hall–Kier alpha value is -1.66. The lowest BCUT2D eigenvalue weighted by Crippen LogP contribution is -2.22. The Morgan fingerprint density at radius 1 is 1.26 bits per heavy atom. The zero-order valence-corrected chi connectivity index (χ0v) is 14.4. The van der Waals surface area contributed by atoms with Crippen LogP contribution in [0.1, 0.15) is 31.8 Å². The van der Waals surface area contributed by atoms with Gasteiger partial charge >= 0.3 is 0 Å². The predicted octanol–water partition coefficient (Wildman–Crippen LogP) is 4.47. The molecule has 1 aromatic carbocycles. The van der Waals surface area contributed by atoms with Gasteiger partial charge in [-0.1, -0.05) is 17.7 Å². The fourth-order valence-electron chi connectivity index (χ4n) is 2.13. The van der Waals surface area contributed by atoms with Crippen LogP contribution < -0.4 is 5.32 Å². The number of nitrogens with one attached hydrogen (secondary N) is 1. The number of hydrogen-bond acceptors (Lipinski definition) is 4. The second-order valence-corrected chi connectivity index (χ2v) is 7.37. The van der Waals surface area contributed by atoms with Gasteiger partial charge in [0, 0.05) is 20.3 Å². The van der Waals surface area contributed by atoms with Crippen molar-refractivity contribution in [3.05, 3.63) is 79.1 Å². The van der Waals surface area contributed by atoms with Crippen molar-refractivity contribution < 1.29 is 9.90 Å². The Morgan fingerprint density at radius 3 is 2.87 bits per heavy atom. The molecule has 6 heteroatoms. The van der Waals surface area contributed by atoms with Crippen LogP contribution in [0.25, 0.3) is 0 Å². The molecule has 23 heavy (non-hydrogen) atoms. The van der Waals surface area contributed by atoms with E-state index < -0.39 is 6.10 Å². The van der Waals surface area contributed by atoms with Gasteiger partial charge in [-0.15, -0.1) is 11.3 Å². The maximum absolute atomic E-state index is 12.1. The third-order valence-corrected chi connectivity index (χ3v) is 5.40. The molecule has 0 aliphatic carbocycles. The largest absolute Gasteiger partial charge is 0.383 e. The number of aliphatic hydroxyl groups is 1. The lowest BCUT2D eigenvalue weighted by atomic mass is 10.2. The summed E-state index contributed by atoms with van der Waals surface area (Å²) in [5.41, 5.74) is 1.43. The minimum atomic E-state index is -0.608. The van der Waals surface area contributed by atoms with E-state index in [4.69, 9.17) is 11.6 Å². The summed E-state index contributed by atoms with van der Waals surface area (Å²) in [5.74, 6) is -0.166. The maximum atomic E-state index is 12.1. The first-order valence-corrected chi connectivity index (χ1v) is 9.10. The summed E-state index contributed by atoms with van der Waals surface area (Å²) in [7, 11) is 0. The summed E-state index contributed by atoms with van der Waals surface area (Å²) in [4.78, 5) is 13.9. The van der Waals surface area contributed by atoms with E-state index >= 15 is 0 Å². The van der Waals surface area contributed by atoms with E-state index in [1.54, 1.807) is 35.6 Å². The van der Waals surface area contributed by atoms with Crippen LogP contribution in [-0.4, -0.2) is 11.0 Å². The van der Waals surface area contributed by atoms with Gasteiger partial charge in [0.2, 0.25) is 0 Å². The fraction of sp³-hybridized carbons (Fsp3) is 0.118. The molecule has 0 bridgehead atoms. The first-order chi connectivity index (χ1) is 11.1. The molecular weight excluding hydrogens is 350 g/mol. The number of benzene rings is 1. The molecule has 2 aromatic heterocycles. The van der Waals surface area contributed by atoms with Crippen LogP contribution in [0.2, 0.25) is 5.02 Å². The quantitative estimate of drug-likeness (QED) is 0.702. The summed E-state index contributed by atoms with van der Waals surface area (Å²) in [6, 6.07) is 12.6. The van der Waals surface area contributed by atoms with Crippen molar-refractivity contribution >= 4 is 40.2 Å². The highest BCUT2D eigenvalue weighted by molar-refractivity contribution is 7.12. The van der Waals surface area contributed by atoms with Crippen LogP contribution >= 0.6 is 34.3 Å². The molecule has 2 N–H and O–H groups in total. The second kappa shape index (κ2) is 7.27. The number of rotatable bonds is 5. The van der Waals surface area contributed by atoms with Gasteiger partial charge in [-0.05, 0) is 52.7 Å². The van der Waals surface area contributed by atoms with Crippen molar-refractivity contribution in [2.75, 3.05) is 0 Å². The van der Waals surface area contributed by atoms with E-state index in [9.17, 15) is 9.90 Å². The van der Waals surface area contributed by atoms with Crippen LogP contribution in [0.15, 0.2) is 53.2 Å². The molecule has 1 atom stereocenters. The van der Waals surface area contributed by atoms with Gasteiger partial charge in [0.15, 0.2) is 0 Å². The molecule has 0 aliphatic heterocycles. The summed E-state index contributed by atoms with van der Waals surface area (Å²) < 4.78 is 0. The van der Waals surface area contributed by atoms with Crippen LogP contribution in [0.5, 0.6) is 0 Å². The van der Waals surface area contributed by atoms with E-state index in [1.807, 2.05) is 29.0 Å². The van der Waals surface area contributed by atoms with Gasteiger partial charge in [0.05, 0.1) is 6.54 Å². The third kappa shape index (κ3) is 4.00. The van der Waals surface area contributed by atoms with Gasteiger partial charge < -0.3 is 10.4 Å². The lowest BCUT2D eigenvalue weighted by molar-refractivity contribution is 0.0951. The van der Waals surface area contributed by atoms with E-state index in [2.05, 4.69) is 5.32 Å². The summed E-state index contributed by atoms with van der Waals surface area (Å²) in [6.07, 6.45) is -0.608. The molecule has 0 saturated carbocycles. The van der Waals surface area contributed by atoms with E-state index in [0.29, 0.717) is 17.1 Å². The van der Waals surface area contributed by atoms with Crippen LogP contribution in [0.4, 0.5) is 0 Å². The molecular formula is C17H14ClNO2S2. The van der Waals surface area contributed by atoms with Crippen LogP contribution in [0.3, 0.4) is 0 Å². The molecule has 0 unspecified atom stereocenters. The Bertz CT molecular complexity index is 799.